The first kappa shape index (κ1) is 13.3. The highest BCUT2D eigenvalue weighted by atomic mass is 16.5. The molecule has 0 amide bonds. The van der Waals surface area contributed by atoms with Crippen molar-refractivity contribution in [3.63, 3.8) is 0 Å². The Bertz CT molecular complexity index is 776. The Balaban J connectivity index is 2.43. The Labute approximate surface area is 121 Å². The summed E-state index contributed by atoms with van der Waals surface area (Å²) in [6, 6.07) is 4.46. The van der Waals surface area contributed by atoms with Gasteiger partial charge in [0.1, 0.15) is 29.3 Å². The fourth-order valence-corrected chi connectivity index (χ4v) is 2.68. The van der Waals surface area contributed by atoms with E-state index in [9.17, 15) is 15.0 Å². The van der Waals surface area contributed by atoms with Crippen LogP contribution in [0.2, 0.25) is 0 Å². The molecule has 5 nitrogen and oxygen atoms in total. The maximum absolute atomic E-state index is 11.3. The number of ether oxygens (including phenoxy) is 2. The Hall–Kier alpha value is -2.69. The highest BCUT2D eigenvalue weighted by molar-refractivity contribution is 5.99. The van der Waals surface area contributed by atoms with Gasteiger partial charge in [0.05, 0.1) is 29.7 Å². The van der Waals surface area contributed by atoms with Gasteiger partial charge in [0.2, 0.25) is 0 Å². The summed E-state index contributed by atoms with van der Waals surface area (Å²) in [5, 5.41) is 21.1. The van der Waals surface area contributed by atoms with Gasteiger partial charge in [0, 0.05) is 6.07 Å². The van der Waals surface area contributed by atoms with E-state index < -0.39 is 5.92 Å². The van der Waals surface area contributed by atoms with Gasteiger partial charge in [-0.15, -0.1) is 0 Å². The molecule has 0 aromatic heterocycles. The molecule has 1 unspecified atom stereocenters. The smallest absolute Gasteiger partial charge is 0.146 e. The third-order valence-corrected chi connectivity index (χ3v) is 3.53. The highest BCUT2D eigenvalue weighted by Gasteiger charge is 2.27. The van der Waals surface area contributed by atoms with Crippen LogP contribution in [0.5, 0.6) is 23.0 Å². The Morgan fingerprint density at radius 3 is 2.71 bits per heavy atom. The number of hydrogen-bond donors (Lipinski definition) is 2. The summed E-state index contributed by atoms with van der Waals surface area (Å²) >= 11 is 0. The van der Waals surface area contributed by atoms with Gasteiger partial charge < -0.3 is 24.5 Å². The fraction of sp³-hybridized carbons (Fsp3) is 0.188. The number of phenols is 2. The first-order chi connectivity index (χ1) is 10.0. The van der Waals surface area contributed by atoms with Crippen LogP contribution < -0.4 is 9.47 Å². The van der Waals surface area contributed by atoms with E-state index in [1.165, 1.54) is 25.3 Å². The average Bonchev–Trinajstić information content (AvgIpc) is 2.44. The molecule has 2 aromatic carbocycles. The van der Waals surface area contributed by atoms with Gasteiger partial charge in [0.25, 0.3) is 0 Å². The van der Waals surface area contributed by atoms with Crippen LogP contribution in [-0.4, -0.2) is 23.6 Å². The maximum atomic E-state index is 11.3. The van der Waals surface area contributed by atoms with Gasteiger partial charge in [-0.05, 0) is 30.5 Å². The van der Waals surface area contributed by atoms with Crippen LogP contribution in [0, 0.1) is 0 Å². The lowest BCUT2D eigenvalue weighted by atomic mass is 9.92. The van der Waals surface area contributed by atoms with Crippen molar-refractivity contribution >= 4 is 17.1 Å². The molecule has 108 valence electrons. The van der Waals surface area contributed by atoms with Gasteiger partial charge in [-0.2, -0.15) is 0 Å². The molecule has 0 radical (unpaired) electrons. The molecule has 0 bridgehead atoms. The molecule has 5 heteroatoms. The predicted octanol–water partition coefficient (Wildman–Crippen LogP) is 2.84. The molecule has 1 aliphatic rings. The summed E-state index contributed by atoms with van der Waals surface area (Å²) in [6.07, 6.45) is 2.40. The normalized spacial score (nSPS) is 16.9. The summed E-state index contributed by atoms with van der Waals surface area (Å²) in [5.41, 5.74) is 0.409. The van der Waals surface area contributed by atoms with Crippen molar-refractivity contribution < 1.29 is 24.5 Å². The first-order valence-electron chi connectivity index (χ1n) is 6.43. The van der Waals surface area contributed by atoms with Crippen LogP contribution in [-0.2, 0) is 4.79 Å². The quantitative estimate of drug-likeness (QED) is 0.830. The zero-order chi connectivity index (χ0) is 15.1. The molecule has 3 rings (SSSR count). The first-order valence-corrected chi connectivity index (χ1v) is 6.43. The lowest BCUT2D eigenvalue weighted by Crippen LogP contribution is -2.10. The van der Waals surface area contributed by atoms with E-state index in [-0.39, 0.29) is 11.5 Å². The average molecular weight is 286 g/mol. The Kier molecular flexibility index (Phi) is 2.97. The van der Waals surface area contributed by atoms with E-state index in [2.05, 4.69) is 0 Å². The summed E-state index contributed by atoms with van der Waals surface area (Å²) in [4.78, 5) is 11.3. The Morgan fingerprint density at radius 1 is 1.29 bits per heavy atom. The van der Waals surface area contributed by atoms with Crippen molar-refractivity contribution in [3.8, 4) is 23.0 Å². The van der Waals surface area contributed by atoms with Crippen molar-refractivity contribution in [2.45, 2.75) is 12.8 Å². The van der Waals surface area contributed by atoms with Crippen LogP contribution in [0.1, 0.15) is 18.4 Å². The maximum Gasteiger partial charge on any atom is 0.146 e. The highest BCUT2D eigenvalue weighted by Crippen LogP contribution is 2.48. The number of carbonyl (C=O) groups excluding carboxylic acids is 1. The zero-order valence-electron chi connectivity index (χ0n) is 11.6. The lowest BCUT2D eigenvalue weighted by molar-refractivity contribution is -0.108. The minimum absolute atomic E-state index is 0.0220. The van der Waals surface area contributed by atoms with Crippen LogP contribution in [0.3, 0.4) is 0 Å². The number of carbonyl (C=O) groups is 1. The van der Waals surface area contributed by atoms with E-state index in [4.69, 9.17) is 9.47 Å². The molecule has 0 aliphatic carbocycles. The minimum Gasteiger partial charge on any atom is -0.508 e. The third-order valence-electron chi connectivity index (χ3n) is 3.53. The molecule has 2 aromatic rings. The van der Waals surface area contributed by atoms with Crippen molar-refractivity contribution in [2.24, 2.45) is 0 Å². The number of fused-ring (bicyclic) bond motifs is 3. The topological polar surface area (TPSA) is 76.0 Å². The molecule has 0 spiro atoms. The van der Waals surface area contributed by atoms with E-state index in [1.807, 2.05) is 0 Å². The third kappa shape index (κ3) is 1.98. The number of allylic oxidation sites excluding steroid dienone is 2. The van der Waals surface area contributed by atoms with Crippen LogP contribution in [0.15, 0.2) is 30.0 Å². The van der Waals surface area contributed by atoms with Gasteiger partial charge >= 0.3 is 0 Å². The number of aldehydes is 1. The van der Waals surface area contributed by atoms with Crippen LogP contribution in [0.4, 0.5) is 0 Å². The molecular weight excluding hydrogens is 272 g/mol. The summed E-state index contributed by atoms with van der Waals surface area (Å²) in [7, 11) is 1.48. The number of benzene rings is 2. The van der Waals surface area contributed by atoms with Gasteiger partial charge in [-0.1, -0.05) is 0 Å². The standard InChI is InChI=1S/C16H14O5/c1-8-3-10(7-17)14-12(19)5-9-4-11(18)6-13(20-2)15(9)16(14)21-8/h3-7,10,18-19H,1-2H3. The molecule has 1 atom stereocenters. The van der Waals surface area contributed by atoms with Crippen molar-refractivity contribution in [1.29, 1.82) is 0 Å². The zero-order valence-corrected chi connectivity index (χ0v) is 11.6. The molecule has 21 heavy (non-hydrogen) atoms. The molecule has 0 saturated carbocycles. The largest absolute Gasteiger partial charge is 0.508 e. The SMILES string of the molecule is COc1cc(O)cc2cc(O)c3c(c12)OC(C)=CC3C=O. The molecule has 0 saturated heterocycles. The summed E-state index contributed by atoms with van der Waals surface area (Å²) in [5.74, 6) is 0.776. The van der Waals surface area contributed by atoms with Gasteiger partial charge in [0.15, 0.2) is 0 Å². The van der Waals surface area contributed by atoms with E-state index >= 15 is 0 Å². The van der Waals surface area contributed by atoms with E-state index in [0.717, 1.165) is 6.29 Å². The second-order valence-corrected chi connectivity index (χ2v) is 4.93. The number of methoxy groups -OCH3 is 1. The van der Waals surface area contributed by atoms with Crippen molar-refractivity contribution in [3.05, 3.63) is 35.6 Å². The lowest BCUT2D eigenvalue weighted by Gasteiger charge is -2.23. The molecule has 1 aliphatic heterocycles. The summed E-state index contributed by atoms with van der Waals surface area (Å²) < 4.78 is 11.0. The summed E-state index contributed by atoms with van der Waals surface area (Å²) in [6.45, 7) is 1.74. The van der Waals surface area contributed by atoms with Crippen LogP contribution in [0.25, 0.3) is 10.8 Å². The van der Waals surface area contributed by atoms with E-state index in [1.54, 1.807) is 13.0 Å². The fourth-order valence-electron chi connectivity index (χ4n) is 2.68. The number of hydrogen-bond acceptors (Lipinski definition) is 5. The second kappa shape index (κ2) is 4.70. The van der Waals surface area contributed by atoms with Crippen molar-refractivity contribution in [1.82, 2.24) is 0 Å². The molecule has 2 N–H and O–H groups in total. The van der Waals surface area contributed by atoms with Gasteiger partial charge in [-0.3, -0.25) is 0 Å². The van der Waals surface area contributed by atoms with E-state index in [0.29, 0.717) is 33.6 Å². The Morgan fingerprint density at radius 2 is 2.05 bits per heavy atom. The second-order valence-electron chi connectivity index (χ2n) is 4.93. The minimum atomic E-state index is -0.573. The van der Waals surface area contributed by atoms with Crippen LogP contribution >= 0.6 is 0 Å². The monoisotopic (exact) mass is 286 g/mol. The molecule has 1 heterocycles. The number of phenolic OH excluding ortho intramolecular Hbond substituents is 2. The van der Waals surface area contributed by atoms with Gasteiger partial charge in [-0.25, -0.2) is 0 Å². The number of rotatable bonds is 2. The predicted molar refractivity (Wildman–Crippen MR) is 77.0 cm³/mol. The molecule has 0 fully saturated rings. The molecular formula is C16H14O5. The van der Waals surface area contributed by atoms with Crippen molar-refractivity contribution in [2.75, 3.05) is 7.11 Å². The number of aromatic hydroxyl groups is 2.